The van der Waals surface area contributed by atoms with E-state index >= 15 is 0 Å². The Morgan fingerprint density at radius 1 is 1.23 bits per heavy atom. The molecule has 1 saturated carbocycles. The highest BCUT2D eigenvalue weighted by molar-refractivity contribution is 5.29. The number of aromatic nitrogens is 3. The topological polar surface area (TPSA) is 50.7 Å². The van der Waals surface area contributed by atoms with E-state index in [-0.39, 0.29) is 0 Å². The van der Waals surface area contributed by atoms with Crippen LogP contribution in [0, 0.1) is 19.8 Å². The predicted octanol–water partition coefficient (Wildman–Crippen LogP) is 1.31. The molecule has 0 spiro atoms. The minimum Gasteiger partial charge on any atom is -0.350 e. The molecule has 4 heteroatoms. The third-order valence-corrected chi connectivity index (χ3v) is 2.52. The Bertz CT molecular complexity index is 323. The molecule has 0 saturated heterocycles. The van der Waals surface area contributed by atoms with Crippen molar-refractivity contribution in [2.24, 2.45) is 5.92 Å². The zero-order valence-corrected chi connectivity index (χ0v) is 8.20. The molecule has 70 valence electrons. The van der Waals surface area contributed by atoms with E-state index in [4.69, 9.17) is 0 Å². The maximum Gasteiger partial charge on any atom is 0.243 e. The molecule has 0 radical (unpaired) electrons. The molecule has 2 rings (SSSR count). The van der Waals surface area contributed by atoms with E-state index < -0.39 is 0 Å². The highest BCUT2D eigenvalue weighted by Gasteiger charge is 2.33. The van der Waals surface area contributed by atoms with Crippen LogP contribution in [0.1, 0.15) is 24.7 Å². The van der Waals surface area contributed by atoms with Gasteiger partial charge in [-0.05, 0) is 26.2 Å². The average molecular weight is 178 g/mol. The van der Waals surface area contributed by atoms with Gasteiger partial charge in [0, 0.05) is 6.04 Å². The second kappa shape index (κ2) is 2.94. The van der Waals surface area contributed by atoms with Crippen molar-refractivity contribution in [3.05, 3.63) is 11.4 Å². The number of rotatable bonds is 2. The van der Waals surface area contributed by atoms with Gasteiger partial charge in [0.2, 0.25) is 5.95 Å². The number of hydrogen-bond acceptors (Lipinski definition) is 4. The Morgan fingerprint density at radius 3 is 2.46 bits per heavy atom. The van der Waals surface area contributed by atoms with Gasteiger partial charge in [0.05, 0.1) is 11.4 Å². The summed E-state index contributed by atoms with van der Waals surface area (Å²) in [6.45, 7) is 6.08. The monoisotopic (exact) mass is 178 g/mol. The van der Waals surface area contributed by atoms with Crippen LogP contribution in [0.5, 0.6) is 0 Å². The van der Waals surface area contributed by atoms with Crippen LogP contribution < -0.4 is 5.32 Å². The molecule has 13 heavy (non-hydrogen) atoms. The maximum absolute atomic E-state index is 4.30. The zero-order chi connectivity index (χ0) is 9.42. The van der Waals surface area contributed by atoms with Gasteiger partial charge in [0.15, 0.2) is 0 Å². The Morgan fingerprint density at radius 2 is 1.92 bits per heavy atom. The van der Waals surface area contributed by atoms with Gasteiger partial charge >= 0.3 is 0 Å². The van der Waals surface area contributed by atoms with E-state index in [1.807, 2.05) is 13.8 Å². The van der Waals surface area contributed by atoms with E-state index in [0.717, 1.165) is 17.3 Å². The summed E-state index contributed by atoms with van der Waals surface area (Å²) in [7, 11) is 0. The van der Waals surface area contributed by atoms with Crippen molar-refractivity contribution in [1.82, 2.24) is 15.2 Å². The Kier molecular flexibility index (Phi) is 1.90. The second-order valence-electron chi connectivity index (χ2n) is 3.77. The first kappa shape index (κ1) is 8.41. The van der Waals surface area contributed by atoms with Crippen molar-refractivity contribution in [1.29, 1.82) is 0 Å². The molecule has 1 aromatic heterocycles. The van der Waals surface area contributed by atoms with Crippen molar-refractivity contribution < 1.29 is 0 Å². The van der Waals surface area contributed by atoms with E-state index in [1.165, 1.54) is 6.42 Å². The largest absolute Gasteiger partial charge is 0.350 e. The van der Waals surface area contributed by atoms with Gasteiger partial charge in [-0.2, -0.15) is 5.10 Å². The minimum absolute atomic E-state index is 0.559. The molecule has 0 aliphatic heterocycles. The summed E-state index contributed by atoms with van der Waals surface area (Å²) < 4.78 is 0. The molecular weight excluding hydrogens is 164 g/mol. The van der Waals surface area contributed by atoms with Gasteiger partial charge in [0.25, 0.3) is 0 Å². The number of nitrogens with zero attached hydrogens (tertiary/aromatic N) is 3. The molecule has 2 unspecified atom stereocenters. The highest BCUT2D eigenvalue weighted by atomic mass is 15.3. The van der Waals surface area contributed by atoms with Gasteiger partial charge < -0.3 is 5.32 Å². The molecule has 1 aliphatic carbocycles. The molecular formula is C9H14N4. The van der Waals surface area contributed by atoms with Crippen LogP contribution in [-0.2, 0) is 0 Å². The number of hydrogen-bond donors (Lipinski definition) is 1. The maximum atomic E-state index is 4.30. The Balaban J connectivity index is 2.08. The van der Waals surface area contributed by atoms with Crippen LogP contribution in [0.15, 0.2) is 0 Å². The van der Waals surface area contributed by atoms with Crippen LogP contribution in [0.25, 0.3) is 0 Å². The highest BCUT2D eigenvalue weighted by Crippen LogP contribution is 2.31. The standard InChI is InChI=1S/C9H14N4/c1-5-4-8(5)11-9-10-6(2)7(3)12-13-9/h5,8H,4H2,1-3H3,(H,10,11,13). The predicted molar refractivity (Wildman–Crippen MR) is 50.5 cm³/mol. The fourth-order valence-corrected chi connectivity index (χ4v) is 1.21. The third-order valence-electron chi connectivity index (χ3n) is 2.52. The van der Waals surface area contributed by atoms with Crippen molar-refractivity contribution >= 4 is 5.95 Å². The van der Waals surface area contributed by atoms with Crippen LogP contribution >= 0.6 is 0 Å². The van der Waals surface area contributed by atoms with Crippen molar-refractivity contribution in [3.63, 3.8) is 0 Å². The summed E-state index contributed by atoms with van der Waals surface area (Å²) in [6.07, 6.45) is 1.22. The summed E-state index contributed by atoms with van der Waals surface area (Å²) in [5.41, 5.74) is 1.85. The van der Waals surface area contributed by atoms with E-state index in [9.17, 15) is 0 Å². The Labute approximate surface area is 77.8 Å². The zero-order valence-electron chi connectivity index (χ0n) is 8.20. The van der Waals surface area contributed by atoms with Gasteiger partial charge in [-0.3, -0.25) is 0 Å². The Hall–Kier alpha value is -1.19. The van der Waals surface area contributed by atoms with E-state index in [2.05, 4.69) is 27.4 Å². The summed E-state index contributed by atoms with van der Waals surface area (Å²) in [5.74, 6) is 1.42. The number of aryl methyl sites for hydroxylation is 2. The summed E-state index contributed by atoms with van der Waals surface area (Å²) in [6, 6.07) is 0.559. The minimum atomic E-state index is 0.559. The lowest BCUT2D eigenvalue weighted by molar-refractivity contribution is 0.861. The lowest BCUT2D eigenvalue weighted by Gasteiger charge is -2.03. The molecule has 4 nitrogen and oxygen atoms in total. The molecule has 1 heterocycles. The summed E-state index contributed by atoms with van der Waals surface area (Å²) in [4.78, 5) is 4.30. The van der Waals surface area contributed by atoms with Gasteiger partial charge in [-0.15, -0.1) is 5.10 Å². The lowest BCUT2D eigenvalue weighted by atomic mass is 10.4. The third kappa shape index (κ3) is 1.76. The normalized spacial score (nSPS) is 25.8. The van der Waals surface area contributed by atoms with Crippen LogP contribution in [0.3, 0.4) is 0 Å². The van der Waals surface area contributed by atoms with E-state index in [0.29, 0.717) is 12.0 Å². The van der Waals surface area contributed by atoms with Gasteiger partial charge in [-0.1, -0.05) is 6.92 Å². The first-order chi connectivity index (χ1) is 6.16. The van der Waals surface area contributed by atoms with Crippen LogP contribution in [0.2, 0.25) is 0 Å². The first-order valence-corrected chi connectivity index (χ1v) is 4.61. The smallest absolute Gasteiger partial charge is 0.243 e. The summed E-state index contributed by atoms with van der Waals surface area (Å²) in [5, 5.41) is 11.2. The fraction of sp³-hybridized carbons (Fsp3) is 0.667. The molecule has 1 fully saturated rings. The van der Waals surface area contributed by atoms with E-state index in [1.54, 1.807) is 0 Å². The first-order valence-electron chi connectivity index (χ1n) is 4.61. The summed E-state index contributed by atoms with van der Waals surface area (Å²) >= 11 is 0. The number of nitrogens with one attached hydrogen (secondary N) is 1. The SMILES string of the molecule is Cc1nnc(NC2CC2C)nc1C. The quantitative estimate of drug-likeness (QED) is 0.741. The van der Waals surface area contributed by atoms with Gasteiger partial charge in [0.1, 0.15) is 0 Å². The van der Waals surface area contributed by atoms with Crippen molar-refractivity contribution in [3.8, 4) is 0 Å². The lowest BCUT2D eigenvalue weighted by Crippen LogP contribution is -2.09. The average Bonchev–Trinajstić information content (AvgIpc) is 2.75. The molecule has 0 amide bonds. The van der Waals surface area contributed by atoms with Crippen molar-refractivity contribution in [2.45, 2.75) is 33.2 Å². The van der Waals surface area contributed by atoms with Crippen LogP contribution in [0.4, 0.5) is 5.95 Å². The van der Waals surface area contributed by atoms with Gasteiger partial charge in [-0.25, -0.2) is 4.98 Å². The molecule has 2 atom stereocenters. The molecule has 0 bridgehead atoms. The molecule has 1 aliphatic rings. The number of anilines is 1. The fourth-order valence-electron chi connectivity index (χ4n) is 1.21. The molecule has 0 aromatic carbocycles. The van der Waals surface area contributed by atoms with Crippen molar-refractivity contribution in [2.75, 3.05) is 5.32 Å². The molecule has 1 aromatic rings. The second-order valence-corrected chi connectivity index (χ2v) is 3.77. The molecule has 1 N–H and O–H groups in total. The van der Waals surface area contributed by atoms with Crippen LogP contribution in [-0.4, -0.2) is 21.2 Å².